The maximum absolute atomic E-state index is 12.3. The van der Waals surface area contributed by atoms with Gasteiger partial charge in [-0.1, -0.05) is 0 Å². The molecule has 0 fully saturated rings. The molecule has 2 rings (SSSR count). The predicted octanol–water partition coefficient (Wildman–Crippen LogP) is 2.05. The highest BCUT2D eigenvalue weighted by Gasteiger charge is 2.12. The van der Waals surface area contributed by atoms with E-state index in [0.29, 0.717) is 24.3 Å². The summed E-state index contributed by atoms with van der Waals surface area (Å²) >= 11 is 0. The summed E-state index contributed by atoms with van der Waals surface area (Å²) in [5.74, 6) is 0.519. The minimum Gasteiger partial charge on any atom is -0.497 e. The van der Waals surface area contributed by atoms with Gasteiger partial charge in [0.05, 0.1) is 24.3 Å². The van der Waals surface area contributed by atoms with Gasteiger partial charge in [-0.25, -0.2) is 0 Å². The molecule has 1 heterocycles. The van der Waals surface area contributed by atoms with E-state index in [1.165, 1.54) is 0 Å². The maximum atomic E-state index is 12.3. The molecule has 5 nitrogen and oxygen atoms in total. The lowest BCUT2D eigenvalue weighted by atomic mass is 10.1. The molecule has 1 atom stereocenters. The number of carbonyl (C=O) groups is 1. The van der Waals surface area contributed by atoms with Crippen molar-refractivity contribution in [3.63, 3.8) is 0 Å². The van der Waals surface area contributed by atoms with Gasteiger partial charge in [-0.3, -0.25) is 9.78 Å². The van der Waals surface area contributed by atoms with E-state index >= 15 is 0 Å². The van der Waals surface area contributed by atoms with Gasteiger partial charge in [0.15, 0.2) is 0 Å². The zero-order valence-corrected chi connectivity index (χ0v) is 12.5. The van der Waals surface area contributed by atoms with Crippen molar-refractivity contribution in [2.75, 3.05) is 13.7 Å². The Labute approximate surface area is 124 Å². The van der Waals surface area contributed by atoms with E-state index in [1.807, 2.05) is 25.1 Å². The van der Waals surface area contributed by atoms with Crippen molar-refractivity contribution in [3.8, 4) is 5.75 Å². The topological polar surface area (TPSA) is 71.5 Å². The third kappa shape index (κ3) is 3.70. The normalized spacial score (nSPS) is 12.2. The molecule has 1 aromatic carbocycles. The number of hydrogen-bond acceptors (Lipinski definition) is 4. The van der Waals surface area contributed by atoms with Gasteiger partial charge < -0.3 is 15.2 Å². The van der Waals surface area contributed by atoms with Gasteiger partial charge in [-0.05, 0) is 44.5 Å². The SMILES string of the molecule is COc1ccc2nc(C)cc(C(=O)NCCC(C)O)c2c1. The molecule has 0 aliphatic heterocycles. The molecule has 0 aliphatic rings. The number of aryl methyl sites for hydroxylation is 1. The van der Waals surface area contributed by atoms with E-state index in [1.54, 1.807) is 20.1 Å². The van der Waals surface area contributed by atoms with E-state index in [4.69, 9.17) is 4.74 Å². The average Bonchev–Trinajstić information content (AvgIpc) is 2.45. The summed E-state index contributed by atoms with van der Waals surface area (Å²) in [6.45, 7) is 3.99. The molecule has 2 aromatic rings. The van der Waals surface area contributed by atoms with Crippen LogP contribution in [0.15, 0.2) is 24.3 Å². The molecular weight excluding hydrogens is 268 g/mol. The first-order chi connectivity index (χ1) is 10.0. The van der Waals surface area contributed by atoms with Gasteiger partial charge in [-0.15, -0.1) is 0 Å². The van der Waals surface area contributed by atoms with Gasteiger partial charge in [-0.2, -0.15) is 0 Å². The van der Waals surface area contributed by atoms with Crippen LogP contribution < -0.4 is 10.1 Å². The smallest absolute Gasteiger partial charge is 0.252 e. The van der Waals surface area contributed by atoms with E-state index in [-0.39, 0.29) is 5.91 Å². The highest BCUT2D eigenvalue weighted by Crippen LogP contribution is 2.23. The zero-order valence-electron chi connectivity index (χ0n) is 12.5. The number of ether oxygens (including phenoxy) is 1. The summed E-state index contributed by atoms with van der Waals surface area (Å²) in [4.78, 5) is 16.8. The summed E-state index contributed by atoms with van der Waals surface area (Å²) in [6.07, 6.45) is 0.0955. The van der Waals surface area contributed by atoms with Gasteiger partial charge in [0.1, 0.15) is 5.75 Å². The molecule has 0 radical (unpaired) electrons. The van der Waals surface area contributed by atoms with Gasteiger partial charge in [0.2, 0.25) is 0 Å². The van der Waals surface area contributed by atoms with Crippen LogP contribution in [0.3, 0.4) is 0 Å². The Kier molecular flexibility index (Phi) is 4.75. The molecule has 0 spiro atoms. The van der Waals surface area contributed by atoms with E-state index in [0.717, 1.165) is 16.6 Å². The number of benzene rings is 1. The van der Waals surface area contributed by atoms with Crippen molar-refractivity contribution < 1.29 is 14.6 Å². The molecule has 1 amide bonds. The van der Waals surface area contributed by atoms with Crippen LogP contribution in [0.1, 0.15) is 29.4 Å². The van der Waals surface area contributed by atoms with Crippen LogP contribution in [0, 0.1) is 6.92 Å². The van der Waals surface area contributed by atoms with Gasteiger partial charge in [0, 0.05) is 17.6 Å². The van der Waals surface area contributed by atoms with Crippen molar-refractivity contribution >= 4 is 16.8 Å². The largest absolute Gasteiger partial charge is 0.497 e. The number of nitrogens with zero attached hydrogens (tertiary/aromatic N) is 1. The Hall–Kier alpha value is -2.14. The number of rotatable bonds is 5. The van der Waals surface area contributed by atoms with E-state index in [2.05, 4.69) is 10.3 Å². The quantitative estimate of drug-likeness (QED) is 0.883. The number of nitrogens with one attached hydrogen (secondary N) is 1. The highest BCUT2D eigenvalue weighted by molar-refractivity contribution is 6.06. The molecular formula is C16H20N2O3. The fourth-order valence-electron chi connectivity index (χ4n) is 2.14. The average molecular weight is 288 g/mol. The zero-order chi connectivity index (χ0) is 15.4. The molecule has 21 heavy (non-hydrogen) atoms. The summed E-state index contributed by atoms with van der Waals surface area (Å²) < 4.78 is 5.21. The van der Waals surface area contributed by atoms with Crippen molar-refractivity contribution in [1.29, 1.82) is 0 Å². The Morgan fingerprint density at radius 2 is 2.19 bits per heavy atom. The standard InChI is InChI=1S/C16H20N2O3/c1-10-8-14(16(20)17-7-6-11(2)19)13-9-12(21-3)4-5-15(13)18-10/h4-5,8-9,11,19H,6-7H2,1-3H3,(H,17,20). The minimum atomic E-state index is -0.429. The van der Waals surface area contributed by atoms with Gasteiger partial charge >= 0.3 is 0 Å². The lowest BCUT2D eigenvalue weighted by Crippen LogP contribution is -2.26. The second-order valence-corrected chi connectivity index (χ2v) is 5.09. The van der Waals surface area contributed by atoms with Crippen molar-refractivity contribution in [2.45, 2.75) is 26.4 Å². The summed E-state index contributed by atoms with van der Waals surface area (Å²) in [5.41, 5.74) is 2.12. The van der Waals surface area contributed by atoms with Crippen molar-refractivity contribution in [2.24, 2.45) is 0 Å². The molecule has 2 N–H and O–H groups in total. The molecule has 0 bridgehead atoms. The summed E-state index contributed by atoms with van der Waals surface area (Å²) in [5, 5.41) is 12.8. The summed E-state index contributed by atoms with van der Waals surface area (Å²) in [7, 11) is 1.59. The number of aromatic nitrogens is 1. The molecule has 0 aliphatic carbocycles. The number of methoxy groups -OCH3 is 1. The second kappa shape index (κ2) is 6.54. The number of amides is 1. The third-order valence-electron chi connectivity index (χ3n) is 3.24. The van der Waals surface area contributed by atoms with Crippen LogP contribution in [0.5, 0.6) is 5.75 Å². The first-order valence-electron chi connectivity index (χ1n) is 6.93. The first kappa shape index (κ1) is 15.3. The number of carbonyl (C=O) groups excluding carboxylic acids is 1. The van der Waals surface area contributed by atoms with Crippen molar-refractivity contribution in [3.05, 3.63) is 35.5 Å². The lowest BCUT2D eigenvalue weighted by molar-refractivity contribution is 0.0947. The second-order valence-electron chi connectivity index (χ2n) is 5.09. The summed E-state index contributed by atoms with van der Waals surface area (Å²) in [6, 6.07) is 7.24. The molecule has 1 aromatic heterocycles. The lowest BCUT2D eigenvalue weighted by Gasteiger charge is -2.11. The number of aliphatic hydroxyl groups excluding tert-OH is 1. The number of aliphatic hydroxyl groups is 1. The van der Waals surface area contributed by atoms with Gasteiger partial charge in [0.25, 0.3) is 5.91 Å². The third-order valence-corrected chi connectivity index (χ3v) is 3.24. The Morgan fingerprint density at radius 3 is 2.86 bits per heavy atom. The highest BCUT2D eigenvalue weighted by atomic mass is 16.5. The van der Waals surface area contributed by atoms with E-state index < -0.39 is 6.10 Å². The Balaban J connectivity index is 2.34. The van der Waals surface area contributed by atoms with Crippen LogP contribution in [-0.2, 0) is 0 Å². The Bertz CT molecular complexity index is 653. The fraction of sp³-hybridized carbons (Fsp3) is 0.375. The Morgan fingerprint density at radius 1 is 1.43 bits per heavy atom. The van der Waals surface area contributed by atoms with E-state index in [9.17, 15) is 9.90 Å². The predicted molar refractivity (Wildman–Crippen MR) is 81.7 cm³/mol. The molecule has 0 saturated carbocycles. The van der Waals surface area contributed by atoms with Crippen LogP contribution in [0.4, 0.5) is 0 Å². The molecule has 5 heteroatoms. The van der Waals surface area contributed by atoms with Crippen LogP contribution in [0.2, 0.25) is 0 Å². The maximum Gasteiger partial charge on any atom is 0.252 e. The first-order valence-corrected chi connectivity index (χ1v) is 6.93. The number of fused-ring (bicyclic) bond motifs is 1. The minimum absolute atomic E-state index is 0.167. The fourth-order valence-corrected chi connectivity index (χ4v) is 2.14. The van der Waals surface area contributed by atoms with Crippen LogP contribution in [0.25, 0.3) is 10.9 Å². The van der Waals surface area contributed by atoms with Crippen LogP contribution in [-0.4, -0.2) is 35.8 Å². The number of hydrogen-bond donors (Lipinski definition) is 2. The molecule has 112 valence electrons. The van der Waals surface area contributed by atoms with Crippen LogP contribution >= 0.6 is 0 Å². The number of pyridine rings is 1. The molecule has 0 saturated heterocycles. The molecule has 1 unspecified atom stereocenters. The van der Waals surface area contributed by atoms with Crippen molar-refractivity contribution in [1.82, 2.24) is 10.3 Å². The monoisotopic (exact) mass is 288 g/mol.